The lowest BCUT2D eigenvalue weighted by molar-refractivity contribution is 0.0746. The Bertz CT molecular complexity index is 901. The number of nitrogens with zero attached hydrogens (tertiary/aromatic N) is 3. The average molecular weight is 379 g/mol. The first-order chi connectivity index (χ1) is 13.3. The van der Waals surface area contributed by atoms with Crippen LogP contribution in [-0.4, -0.2) is 49.1 Å². The first-order valence-electron chi connectivity index (χ1n) is 8.92. The van der Waals surface area contributed by atoms with Gasteiger partial charge in [-0.25, -0.2) is 0 Å². The zero-order valence-electron chi connectivity index (χ0n) is 15.2. The molecule has 3 aromatic rings. The van der Waals surface area contributed by atoms with E-state index in [1.165, 1.54) is 0 Å². The number of thiophene rings is 1. The fraction of sp³-hybridized carbons (Fsp3) is 0.238. The summed E-state index contributed by atoms with van der Waals surface area (Å²) in [6, 6.07) is 13.8. The topological polar surface area (TPSA) is 45.7 Å². The Kier molecular flexibility index (Phi) is 5.07. The van der Waals surface area contributed by atoms with Crippen molar-refractivity contribution in [3.05, 3.63) is 65.0 Å². The second kappa shape index (κ2) is 7.80. The zero-order chi connectivity index (χ0) is 18.6. The highest BCUT2D eigenvalue weighted by atomic mass is 32.1. The van der Waals surface area contributed by atoms with E-state index < -0.39 is 0 Å². The number of carbonyl (C=O) groups is 1. The molecule has 1 amide bonds. The Hall–Kier alpha value is -2.86. The van der Waals surface area contributed by atoms with Crippen molar-refractivity contribution >= 4 is 22.9 Å². The highest BCUT2D eigenvalue weighted by Gasteiger charge is 2.23. The number of aromatic nitrogens is 1. The lowest BCUT2D eigenvalue weighted by Crippen LogP contribution is -2.48. The van der Waals surface area contributed by atoms with Gasteiger partial charge >= 0.3 is 0 Å². The van der Waals surface area contributed by atoms with Gasteiger partial charge in [0.1, 0.15) is 5.75 Å². The normalized spacial score (nSPS) is 14.3. The van der Waals surface area contributed by atoms with Crippen LogP contribution >= 0.6 is 11.3 Å². The number of rotatable bonds is 4. The molecule has 0 radical (unpaired) electrons. The largest absolute Gasteiger partial charge is 0.495 e. The monoisotopic (exact) mass is 379 g/mol. The van der Waals surface area contributed by atoms with Gasteiger partial charge in [-0.2, -0.15) is 11.3 Å². The van der Waals surface area contributed by atoms with E-state index in [9.17, 15) is 4.79 Å². The van der Waals surface area contributed by atoms with Crippen LogP contribution in [0, 0.1) is 0 Å². The van der Waals surface area contributed by atoms with Gasteiger partial charge in [-0.3, -0.25) is 9.78 Å². The third-order valence-corrected chi connectivity index (χ3v) is 5.50. The molecule has 1 aliphatic rings. The van der Waals surface area contributed by atoms with Crippen LogP contribution in [0.3, 0.4) is 0 Å². The number of methoxy groups -OCH3 is 1. The van der Waals surface area contributed by atoms with Gasteiger partial charge in [-0.15, -0.1) is 0 Å². The fourth-order valence-electron chi connectivity index (χ4n) is 3.33. The smallest absolute Gasteiger partial charge is 0.255 e. The van der Waals surface area contributed by atoms with Crippen LogP contribution in [-0.2, 0) is 0 Å². The number of hydrogen-bond acceptors (Lipinski definition) is 5. The van der Waals surface area contributed by atoms with Crippen molar-refractivity contribution in [1.82, 2.24) is 9.88 Å². The molecule has 27 heavy (non-hydrogen) atoms. The van der Waals surface area contributed by atoms with Crippen LogP contribution in [0.4, 0.5) is 5.69 Å². The molecule has 0 spiro atoms. The van der Waals surface area contributed by atoms with Gasteiger partial charge in [-0.05, 0) is 35.7 Å². The van der Waals surface area contributed by atoms with Crippen LogP contribution in [0.1, 0.15) is 10.4 Å². The maximum Gasteiger partial charge on any atom is 0.255 e. The van der Waals surface area contributed by atoms with E-state index >= 15 is 0 Å². The molecule has 0 bridgehead atoms. The summed E-state index contributed by atoms with van der Waals surface area (Å²) in [6.45, 7) is 2.94. The molecule has 1 saturated heterocycles. The number of amides is 1. The molecular weight excluding hydrogens is 358 g/mol. The summed E-state index contributed by atoms with van der Waals surface area (Å²) in [4.78, 5) is 21.4. The molecule has 0 aliphatic carbocycles. The molecule has 2 aromatic heterocycles. The minimum Gasteiger partial charge on any atom is -0.495 e. The second-order valence-corrected chi connectivity index (χ2v) is 7.18. The summed E-state index contributed by atoms with van der Waals surface area (Å²) in [6.07, 6.45) is 1.68. The molecule has 1 aromatic carbocycles. The Morgan fingerprint density at radius 1 is 1.07 bits per heavy atom. The van der Waals surface area contributed by atoms with Crippen LogP contribution in [0.5, 0.6) is 5.75 Å². The molecule has 3 heterocycles. The van der Waals surface area contributed by atoms with Gasteiger partial charge in [0.25, 0.3) is 5.91 Å². The van der Waals surface area contributed by atoms with E-state index in [4.69, 9.17) is 4.74 Å². The molecule has 5 nitrogen and oxygen atoms in total. The number of hydrogen-bond donors (Lipinski definition) is 0. The van der Waals surface area contributed by atoms with Crippen LogP contribution in [0.2, 0.25) is 0 Å². The van der Waals surface area contributed by atoms with Crippen molar-refractivity contribution in [2.24, 2.45) is 0 Å². The zero-order valence-corrected chi connectivity index (χ0v) is 16.0. The summed E-state index contributed by atoms with van der Waals surface area (Å²) < 4.78 is 5.45. The Morgan fingerprint density at radius 2 is 1.89 bits per heavy atom. The van der Waals surface area contributed by atoms with Gasteiger partial charge < -0.3 is 14.5 Å². The highest BCUT2D eigenvalue weighted by Crippen LogP contribution is 2.28. The minimum atomic E-state index is 0.0408. The predicted octanol–water partition coefficient (Wildman–Crippen LogP) is 3.78. The van der Waals surface area contributed by atoms with E-state index in [1.54, 1.807) is 24.6 Å². The first-order valence-corrected chi connectivity index (χ1v) is 9.86. The summed E-state index contributed by atoms with van der Waals surface area (Å²) >= 11 is 1.64. The molecule has 0 unspecified atom stereocenters. The molecule has 0 saturated carbocycles. The number of piperazine rings is 1. The Balaban J connectivity index is 1.41. The summed E-state index contributed by atoms with van der Waals surface area (Å²) in [5, 5.41) is 4.08. The minimum absolute atomic E-state index is 0.0408. The van der Waals surface area contributed by atoms with Crippen LogP contribution in [0.15, 0.2) is 59.4 Å². The van der Waals surface area contributed by atoms with Gasteiger partial charge in [0.15, 0.2) is 0 Å². The van der Waals surface area contributed by atoms with E-state index in [-0.39, 0.29) is 5.91 Å². The number of benzene rings is 1. The van der Waals surface area contributed by atoms with Crippen molar-refractivity contribution in [2.75, 3.05) is 38.2 Å². The molecule has 0 atom stereocenters. The fourth-order valence-corrected chi connectivity index (χ4v) is 3.98. The summed E-state index contributed by atoms with van der Waals surface area (Å²) in [5.74, 6) is 0.907. The number of pyridine rings is 1. The van der Waals surface area contributed by atoms with Crippen LogP contribution in [0.25, 0.3) is 11.3 Å². The van der Waals surface area contributed by atoms with E-state index in [0.717, 1.165) is 35.8 Å². The van der Waals surface area contributed by atoms with Gasteiger partial charge in [0.2, 0.25) is 0 Å². The maximum atomic E-state index is 12.8. The quantitative estimate of drug-likeness (QED) is 0.692. The lowest BCUT2D eigenvalue weighted by atomic mass is 10.1. The standard InChI is InChI=1S/C21H21N3O2S/c1-26-20-5-3-2-4-19(20)23-9-11-24(12-10-23)21(25)16-6-7-18(22-14-16)17-8-13-27-15-17/h2-8,13-15H,9-12H2,1H3. The molecule has 1 aliphatic heterocycles. The molecule has 6 heteroatoms. The predicted molar refractivity (Wildman–Crippen MR) is 109 cm³/mol. The molecular formula is C21H21N3O2S. The number of carbonyl (C=O) groups excluding carboxylic acids is 1. The van der Waals surface area contributed by atoms with Crippen molar-refractivity contribution in [3.8, 4) is 17.0 Å². The highest BCUT2D eigenvalue weighted by molar-refractivity contribution is 7.08. The van der Waals surface area contributed by atoms with Crippen molar-refractivity contribution in [2.45, 2.75) is 0 Å². The Labute approximate surface area is 162 Å². The summed E-state index contributed by atoms with van der Waals surface area (Å²) in [5.41, 5.74) is 3.70. The van der Waals surface area contributed by atoms with Gasteiger partial charge in [0, 0.05) is 43.3 Å². The summed E-state index contributed by atoms with van der Waals surface area (Å²) in [7, 11) is 1.69. The van der Waals surface area contributed by atoms with Crippen molar-refractivity contribution in [3.63, 3.8) is 0 Å². The Morgan fingerprint density at radius 3 is 2.56 bits per heavy atom. The molecule has 138 valence electrons. The van der Waals surface area contributed by atoms with Crippen molar-refractivity contribution < 1.29 is 9.53 Å². The van der Waals surface area contributed by atoms with E-state index in [1.807, 2.05) is 46.7 Å². The maximum absolute atomic E-state index is 12.8. The number of anilines is 1. The molecule has 0 N–H and O–H groups in total. The lowest BCUT2D eigenvalue weighted by Gasteiger charge is -2.36. The van der Waals surface area contributed by atoms with E-state index in [0.29, 0.717) is 18.7 Å². The molecule has 4 rings (SSSR count). The average Bonchev–Trinajstić information content (AvgIpc) is 3.28. The SMILES string of the molecule is COc1ccccc1N1CCN(C(=O)c2ccc(-c3ccsc3)nc2)CC1. The van der Waals surface area contributed by atoms with Crippen molar-refractivity contribution in [1.29, 1.82) is 0 Å². The number of ether oxygens (including phenoxy) is 1. The second-order valence-electron chi connectivity index (χ2n) is 6.40. The van der Waals surface area contributed by atoms with E-state index in [2.05, 4.69) is 21.3 Å². The number of para-hydroxylation sites is 2. The third-order valence-electron chi connectivity index (χ3n) is 4.82. The van der Waals surface area contributed by atoms with Gasteiger partial charge in [-0.1, -0.05) is 12.1 Å². The first kappa shape index (κ1) is 17.5. The third kappa shape index (κ3) is 3.66. The van der Waals surface area contributed by atoms with Gasteiger partial charge in [0.05, 0.1) is 24.1 Å². The molecule has 1 fully saturated rings. The van der Waals surface area contributed by atoms with Crippen LogP contribution < -0.4 is 9.64 Å².